The Kier molecular flexibility index (Phi) is 5.59. The van der Waals surface area contributed by atoms with Gasteiger partial charge in [-0.25, -0.2) is 4.98 Å². The normalized spacial score (nSPS) is 21.1. The highest BCUT2D eigenvalue weighted by molar-refractivity contribution is 5.94. The molecule has 2 aromatic rings. The van der Waals surface area contributed by atoms with E-state index in [4.69, 9.17) is 9.47 Å². The first-order valence-electron chi connectivity index (χ1n) is 9.86. The average Bonchev–Trinajstić information content (AvgIpc) is 3.55. The van der Waals surface area contributed by atoms with E-state index in [1.807, 2.05) is 36.4 Å². The zero-order valence-corrected chi connectivity index (χ0v) is 16.1. The van der Waals surface area contributed by atoms with Crippen LogP contribution in [0.4, 0.5) is 5.82 Å². The molecule has 1 saturated carbocycles. The van der Waals surface area contributed by atoms with Gasteiger partial charge < -0.3 is 14.8 Å². The molecule has 0 unspecified atom stereocenters. The first kappa shape index (κ1) is 19.2. The number of aromatic nitrogens is 1. The van der Waals surface area contributed by atoms with Crippen molar-refractivity contribution in [2.45, 2.75) is 25.4 Å². The number of anilines is 1. The van der Waals surface area contributed by atoms with Crippen LogP contribution in [-0.2, 0) is 9.53 Å². The lowest BCUT2D eigenvalue weighted by molar-refractivity contribution is -0.117. The molecule has 0 bridgehead atoms. The molecule has 1 amide bonds. The number of pyridine rings is 1. The number of allylic oxidation sites excluding steroid dienone is 1. The number of rotatable bonds is 6. The number of nitriles is 1. The number of hydrogen-bond donors (Lipinski definition) is 1. The number of hydrogen-bond acceptors (Lipinski definition) is 5. The molecule has 1 aliphatic carbocycles. The molecule has 29 heavy (non-hydrogen) atoms. The Bertz CT molecular complexity index is 960. The van der Waals surface area contributed by atoms with Crippen molar-refractivity contribution in [2.75, 3.05) is 18.5 Å². The molecule has 0 spiro atoms. The minimum absolute atomic E-state index is 0.00947. The van der Waals surface area contributed by atoms with Gasteiger partial charge in [-0.2, -0.15) is 5.26 Å². The Morgan fingerprint density at radius 1 is 1.28 bits per heavy atom. The fourth-order valence-electron chi connectivity index (χ4n) is 3.55. The molecule has 1 saturated heterocycles. The van der Waals surface area contributed by atoms with Crippen molar-refractivity contribution in [1.29, 1.82) is 5.26 Å². The van der Waals surface area contributed by atoms with E-state index in [0.29, 0.717) is 30.3 Å². The lowest BCUT2D eigenvalue weighted by atomic mass is 10.0. The topological polar surface area (TPSA) is 84.2 Å². The van der Waals surface area contributed by atoms with Gasteiger partial charge in [0.2, 0.25) is 5.91 Å². The van der Waals surface area contributed by atoms with Crippen LogP contribution >= 0.6 is 0 Å². The second kappa shape index (κ2) is 8.46. The molecule has 0 radical (unpaired) electrons. The summed E-state index contributed by atoms with van der Waals surface area (Å²) in [5.41, 5.74) is 2.23. The first-order chi connectivity index (χ1) is 14.2. The largest absolute Gasteiger partial charge is 0.489 e. The molecule has 1 aliphatic heterocycles. The summed E-state index contributed by atoms with van der Waals surface area (Å²) in [5.74, 6) is 1.32. The summed E-state index contributed by atoms with van der Waals surface area (Å²) in [6.07, 6.45) is 6.05. The lowest BCUT2D eigenvalue weighted by Gasteiger charge is -2.23. The lowest BCUT2D eigenvalue weighted by Crippen LogP contribution is -2.26. The van der Waals surface area contributed by atoms with Gasteiger partial charge >= 0.3 is 0 Å². The third kappa shape index (κ3) is 4.47. The molecule has 2 heterocycles. The summed E-state index contributed by atoms with van der Waals surface area (Å²) in [6, 6.07) is 11.5. The van der Waals surface area contributed by atoms with Crippen LogP contribution in [0.3, 0.4) is 0 Å². The quantitative estimate of drug-likeness (QED) is 0.757. The van der Waals surface area contributed by atoms with E-state index in [-0.39, 0.29) is 23.8 Å². The van der Waals surface area contributed by atoms with E-state index in [2.05, 4.69) is 22.9 Å². The number of amides is 1. The number of nitrogens with zero attached hydrogens (tertiary/aromatic N) is 2. The van der Waals surface area contributed by atoms with Crippen molar-refractivity contribution in [3.8, 4) is 22.9 Å². The highest BCUT2D eigenvalue weighted by Gasteiger charge is 2.40. The van der Waals surface area contributed by atoms with Gasteiger partial charge in [-0.15, -0.1) is 6.58 Å². The highest BCUT2D eigenvalue weighted by Crippen LogP contribution is 2.40. The summed E-state index contributed by atoms with van der Waals surface area (Å²) in [5, 5.41) is 12.5. The fourth-order valence-corrected chi connectivity index (χ4v) is 3.55. The van der Waals surface area contributed by atoms with Crippen LogP contribution in [0.15, 0.2) is 49.2 Å². The number of ether oxygens (including phenoxy) is 2. The van der Waals surface area contributed by atoms with Crippen molar-refractivity contribution >= 4 is 11.7 Å². The van der Waals surface area contributed by atoms with Gasteiger partial charge in [0.15, 0.2) is 0 Å². The van der Waals surface area contributed by atoms with Crippen LogP contribution in [0.5, 0.6) is 5.75 Å². The number of carbonyl (C=O) groups excluding carboxylic acids is 1. The Morgan fingerprint density at radius 2 is 2.07 bits per heavy atom. The van der Waals surface area contributed by atoms with E-state index >= 15 is 0 Å². The predicted molar refractivity (Wildman–Crippen MR) is 109 cm³/mol. The molecular formula is C23H23N3O3. The Morgan fingerprint density at radius 3 is 2.79 bits per heavy atom. The average molecular weight is 389 g/mol. The van der Waals surface area contributed by atoms with E-state index in [0.717, 1.165) is 30.4 Å². The third-order valence-corrected chi connectivity index (χ3v) is 5.39. The molecule has 4 rings (SSSR count). The van der Waals surface area contributed by atoms with E-state index in [1.54, 1.807) is 6.20 Å². The second-order valence-corrected chi connectivity index (χ2v) is 7.41. The second-order valence-electron chi connectivity index (χ2n) is 7.41. The fraction of sp³-hybridized carbons (Fsp3) is 0.348. The molecule has 6 heteroatoms. The summed E-state index contributed by atoms with van der Waals surface area (Å²) in [4.78, 5) is 16.5. The molecule has 2 aliphatic rings. The van der Waals surface area contributed by atoms with Crippen molar-refractivity contribution < 1.29 is 14.3 Å². The summed E-state index contributed by atoms with van der Waals surface area (Å²) >= 11 is 0. The summed E-state index contributed by atoms with van der Waals surface area (Å²) < 4.78 is 11.4. The Labute approximate surface area is 170 Å². The van der Waals surface area contributed by atoms with Crippen molar-refractivity contribution in [2.24, 2.45) is 11.8 Å². The molecular weight excluding hydrogens is 366 g/mol. The highest BCUT2D eigenvalue weighted by atomic mass is 16.5. The van der Waals surface area contributed by atoms with Gasteiger partial charge in [0, 0.05) is 25.0 Å². The maximum atomic E-state index is 12.3. The third-order valence-electron chi connectivity index (χ3n) is 5.39. The zero-order chi connectivity index (χ0) is 20.2. The van der Waals surface area contributed by atoms with Crippen LogP contribution in [-0.4, -0.2) is 30.2 Å². The van der Waals surface area contributed by atoms with Crippen molar-refractivity contribution in [1.82, 2.24) is 4.98 Å². The maximum absolute atomic E-state index is 12.3. The van der Waals surface area contributed by atoms with E-state index in [1.165, 1.54) is 0 Å². The van der Waals surface area contributed by atoms with Gasteiger partial charge in [0.05, 0.1) is 18.8 Å². The minimum atomic E-state index is -0.0301. The molecule has 148 valence electrons. The van der Waals surface area contributed by atoms with Crippen LogP contribution in [0.1, 0.15) is 24.8 Å². The van der Waals surface area contributed by atoms with Crippen LogP contribution in [0.25, 0.3) is 11.1 Å². The molecule has 1 N–H and O–H groups in total. The van der Waals surface area contributed by atoms with Crippen LogP contribution in [0.2, 0.25) is 0 Å². The number of carbonyl (C=O) groups is 1. The van der Waals surface area contributed by atoms with Crippen LogP contribution in [0, 0.1) is 23.2 Å². The molecule has 1 aromatic carbocycles. The van der Waals surface area contributed by atoms with E-state index in [9.17, 15) is 10.1 Å². The molecule has 2 fully saturated rings. The Hall–Kier alpha value is -3.17. The van der Waals surface area contributed by atoms with Gasteiger partial charge in [-0.3, -0.25) is 4.79 Å². The van der Waals surface area contributed by atoms with Crippen molar-refractivity contribution in [3.63, 3.8) is 0 Å². The van der Waals surface area contributed by atoms with Gasteiger partial charge in [-0.1, -0.05) is 12.1 Å². The summed E-state index contributed by atoms with van der Waals surface area (Å²) in [6.45, 7) is 5.11. The minimum Gasteiger partial charge on any atom is -0.489 e. The standard InChI is InChI=1S/C23H23N3O3/c1-2-15-12-20(15)23(27)26-22-13-17(5-8-25-22)16-3-4-21(18(11-16)14-24)29-19-6-9-28-10-7-19/h2-5,8,11,13,15,19-20H,1,6-7,9-10,12H2,(H,25,26,27)/t15-,20-/m1/s1. The zero-order valence-electron chi connectivity index (χ0n) is 16.1. The molecule has 1 aromatic heterocycles. The van der Waals surface area contributed by atoms with Gasteiger partial charge in [-0.05, 0) is 47.7 Å². The SMILES string of the molecule is C=C[C@@H]1C[C@H]1C(=O)Nc1cc(-c2ccc(OC3CCOCC3)c(C#N)c2)ccn1. The first-order valence-corrected chi connectivity index (χ1v) is 9.86. The predicted octanol–water partition coefficient (Wildman–Crippen LogP) is 3.94. The van der Waals surface area contributed by atoms with Crippen molar-refractivity contribution in [3.05, 3.63) is 54.7 Å². The Balaban J connectivity index is 1.50. The maximum Gasteiger partial charge on any atom is 0.229 e. The van der Waals surface area contributed by atoms with Gasteiger partial charge in [0.1, 0.15) is 23.7 Å². The number of benzene rings is 1. The van der Waals surface area contributed by atoms with E-state index < -0.39 is 0 Å². The summed E-state index contributed by atoms with van der Waals surface area (Å²) in [7, 11) is 0. The smallest absolute Gasteiger partial charge is 0.229 e. The van der Waals surface area contributed by atoms with Gasteiger partial charge in [0.25, 0.3) is 0 Å². The monoisotopic (exact) mass is 389 g/mol. The van der Waals surface area contributed by atoms with Crippen LogP contribution < -0.4 is 10.1 Å². The molecule has 6 nitrogen and oxygen atoms in total. The molecule has 2 atom stereocenters. The number of nitrogens with one attached hydrogen (secondary N) is 1.